The first kappa shape index (κ1) is 10.7. The molecule has 0 amide bonds. The number of hydrogen-bond donors (Lipinski definition) is 1. The highest BCUT2D eigenvalue weighted by atomic mass is 32.2. The zero-order valence-corrected chi connectivity index (χ0v) is 10.4. The summed E-state index contributed by atoms with van der Waals surface area (Å²) in [6, 6.07) is 9.06. The van der Waals surface area contributed by atoms with Gasteiger partial charge in [0.05, 0.1) is 0 Å². The Morgan fingerprint density at radius 1 is 1.00 bits per heavy atom. The van der Waals surface area contributed by atoms with Crippen molar-refractivity contribution in [2.75, 3.05) is 13.1 Å². The Labute approximate surface area is 102 Å². The number of rotatable bonds is 3. The van der Waals surface area contributed by atoms with Crippen molar-refractivity contribution in [2.24, 2.45) is 0 Å². The van der Waals surface area contributed by atoms with Gasteiger partial charge in [-0.2, -0.15) is 0 Å². The first-order chi connectivity index (χ1) is 7.93. The maximum absolute atomic E-state index is 3.45. The summed E-state index contributed by atoms with van der Waals surface area (Å²) >= 11 is 2.11. The van der Waals surface area contributed by atoms with Gasteiger partial charge in [-0.05, 0) is 56.3 Å². The van der Waals surface area contributed by atoms with Gasteiger partial charge in [0.1, 0.15) is 0 Å². The van der Waals surface area contributed by atoms with Crippen LogP contribution in [-0.2, 0) is 0 Å². The van der Waals surface area contributed by atoms with Gasteiger partial charge in [-0.1, -0.05) is 18.2 Å². The van der Waals surface area contributed by atoms with E-state index < -0.39 is 0 Å². The molecule has 1 aromatic carbocycles. The average molecular weight is 233 g/mol. The van der Waals surface area contributed by atoms with Gasteiger partial charge in [-0.15, -0.1) is 11.8 Å². The van der Waals surface area contributed by atoms with Gasteiger partial charge >= 0.3 is 0 Å². The lowest BCUT2D eigenvalue weighted by molar-refractivity contribution is 0.456. The number of hydrogen-bond acceptors (Lipinski definition) is 2. The zero-order chi connectivity index (χ0) is 10.8. The smallest absolute Gasteiger partial charge is 0.0110 e. The summed E-state index contributed by atoms with van der Waals surface area (Å²) in [6.45, 7) is 2.38. The van der Waals surface area contributed by atoms with Crippen molar-refractivity contribution in [3.63, 3.8) is 0 Å². The third-order valence-electron chi connectivity index (χ3n) is 3.52. The normalized spacial score (nSPS) is 22.2. The van der Waals surface area contributed by atoms with Gasteiger partial charge in [-0.3, -0.25) is 0 Å². The van der Waals surface area contributed by atoms with E-state index >= 15 is 0 Å². The van der Waals surface area contributed by atoms with Crippen molar-refractivity contribution >= 4 is 11.8 Å². The van der Waals surface area contributed by atoms with Crippen molar-refractivity contribution < 1.29 is 0 Å². The SMILES string of the molecule is c1ccc(C2CCNCC2)c(SC2CC2)c1. The summed E-state index contributed by atoms with van der Waals surface area (Å²) in [7, 11) is 0. The van der Waals surface area contributed by atoms with E-state index in [-0.39, 0.29) is 0 Å². The van der Waals surface area contributed by atoms with Gasteiger partial charge in [0.15, 0.2) is 0 Å². The van der Waals surface area contributed by atoms with Crippen LogP contribution in [0.25, 0.3) is 0 Å². The summed E-state index contributed by atoms with van der Waals surface area (Å²) in [5.41, 5.74) is 1.61. The number of nitrogens with one attached hydrogen (secondary N) is 1. The lowest BCUT2D eigenvalue weighted by Gasteiger charge is -2.24. The van der Waals surface area contributed by atoms with Gasteiger partial charge in [0, 0.05) is 10.1 Å². The maximum Gasteiger partial charge on any atom is 0.0110 e. The first-order valence-corrected chi connectivity index (χ1v) is 7.28. The van der Waals surface area contributed by atoms with E-state index in [1.165, 1.54) is 38.8 Å². The topological polar surface area (TPSA) is 12.0 Å². The predicted molar refractivity (Wildman–Crippen MR) is 70.2 cm³/mol. The highest BCUT2D eigenvalue weighted by Crippen LogP contribution is 2.43. The number of benzene rings is 1. The van der Waals surface area contributed by atoms with Crippen LogP contribution in [-0.4, -0.2) is 18.3 Å². The van der Waals surface area contributed by atoms with Gasteiger partial charge < -0.3 is 5.32 Å². The average Bonchev–Trinajstić information content (AvgIpc) is 3.15. The summed E-state index contributed by atoms with van der Waals surface area (Å²) in [6.07, 6.45) is 5.46. The van der Waals surface area contributed by atoms with Crippen LogP contribution in [0.15, 0.2) is 29.2 Å². The molecule has 0 spiro atoms. The van der Waals surface area contributed by atoms with Gasteiger partial charge in [0.25, 0.3) is 0 Å². The molecule has 1 N–H and O–H groups in total. The minimum absolute atomic E-state index is 0.795. The van der Waals surface area contributed by atoms with Crippen LogP contribution in [0.2, 0.25) is 0 Å². The third-order valence-corrected chi connectivity index (χ3v) is 4.95. The van der Waals surface area contributed by atoms with Crippen LogP contribution in [0.3, 0.4) is 0 Å². The fraction of sp³-hybridized carbons (Fsp3) is 0.571. The number of thioether (sulfide) groups is 1. The second-order valence-corrected chi connectivity index (χ2v) is 6.22. The molecule has 2 fully saturated rings. The quantitative estimate of drug-likeness (QED) is 0.858. The minimum atomic E-state index is 0.795. The van der Waals surface area contributed by atoms with E-state index in [0.717, 1.165) is 11.2 Å². The van der Waals surface area contributed by atoms with Gasteiger partial charge in [-0.25, -0.2) is 0 Å². The first-order valence-electron chi connectivity index (χ1n) is 6.40. The molecular weight excluding hydrogens is 214 g/mol. The van der Waals surface area contributed by atoms with Crippen molar-refractivity contribution in [1.82, 2.24) is 5.32 Å². The Bertz CT molecular complexity index is 354. The molecule has 1 nitrogen and oxygen atoms in total. The molecule has 86 valence electrons. The van der Waals surface area contributed by atoms with Crippen molar-refractivity contribution in [2.45, 2.75) is 41.7 Å². The molecule has 0 aromatic heterocycles. The van der Waals surface area contributed by atoms with Crippen LogP contribution >= 0.6 is 11.8 Å². The van der Waals surface area contributed by atoms with Gasteiger partial charge in [0.2, 0.25) is 0 Å². The molecule has 1 heterocycles. The summed E-state index contributed by atoms with van der Waals surface area (Å²) < 4.78 is 0. The molecule has 0 unspecified atom stereocenters. The minimum Gasteiger partial charge on any atom is -0.317 e. The summed E-state index contributed by atoms with van der Waals surface area (Å²) in [5, 5.41) is 4.37. The van der Waals surface area contributed by atoms with Crippen LogP contribution in [0, 0.1) is 0 Å². The number of piperidine rings is 1. The van der Waals surface area contributed by atoms with E-state index in [1.807, 2.05) is 0 Å². The molecule has 2 aliphatic rings. The second kappa shape index (κ2) is 4.80. The van der Waals surface area contributed by atoms with Crippen LogP contribution < -0.4 is 5.32 Å². The van der Waals surface area contributed by atoms with Crippen molar-refractivity contribution in [3.8, 4) is 0 Å². The maximum atomic E-state index is 3.45. The molecule has 16 heavy (non-hydrogen) atoms. The highest BCUT2D eigenvalue weighted by molar-refractivity contribution is 8.00. The lowest BCUT2D eigenvalue weighted by atomic mass is 9.90. The third kappa shape index (κ3) is 2.44. The standard InChI is InChI=1S/C14H19NS/c1-2-4-14(16-12-5-6-12)13(3-1)11-7-9-15-10-8-11/h1-4,11-12,15H,5-10H2. The largest absolute Gasteiger partial charge is 0.317 e. The molecule has 0 atom stereocenters. The Morgan fingerprint density at radius 3 is 2.50 bits per heavy atom. The van der Waals surface area contributed by atoms with Crippen molar-refractivity contribution in [3.05, 3.63) is 29.8 Å². The van der Waals surface area contributed by atoms with Crippen LogP contribution in [0.1, 0.15) is 37.2 Å². The molecule has 0 bridgehead atoms. The fourth-order valence-corrected chi connectivity index (χ4v) is 3.68. The molecule has 1 saturated heterocycles. The summed E-state index contributed by atoms with van der Waals surface area (Å²) in [5.74, 6) is 0.795. The molecule has 1 aliphatic heterocycles. The van der Waals surface area contributed by atoms with E-state index in [9.17, 15) is 0 Å². The molecule has 1 saturated carbocycles. The van der Waals surface area contributed by atoms with Crippen LogP contribution in [0.5, 0.6) is 0 Å². The van der Waals surface area contributed by atoms with E-state index in [0.29, 0.717) is 0 Å². The fourth-order valence-electron chi connectivity index (χ4n) is 2.42. The monoisotopic (exact) mass is 233 g/mol. The highest BCUT2D eigenvalue weighted by Gasteiger charge is 2.25. The lowest BCUT2D eigenvalue weighted by Crippen LogP contribution is -2.26. The Balaban J connectivity index is 1.79. The molecule has 2 heteroatoms. The molecule has 3 rings (SSSR count). The molecule has 1 aliphatic carbocycles. The molecule has 0 radical (unpaired) electrons. The summed E-state index contributed by atoms with van der Waals surface area (Å²) in [4.78, 5) is 1.55. The van der Waals surface area contributed by atoms with Crippen molar-refractivity contribution in [1.29, 1.82) is 0 Å². The molecular formula is C14H19NS. The molecule has 1 aromatic rings. The van der Waals surface area contributed by atoms with E-state index in [4.69, 9.17) is 0 Å². The Hall–Kier alpha value is -0.470. The predicted octanol–water partition coefficient (Wildman–Crippen LogP) is 3.41. The Morgan fingerprint density at radius 2 is 1.75 bits per heavy atom. The van der Waals surface area contributed by atoms with Crippen LogP contribution in [0.4, 0.5) is 0 Å². The van der Waals surface area contributed by atoms with E-state index in [1.54, 1.807) is 10.5 Å². The Kier molecular flexibility index (Phi) is 3.20. The second-order valence-electron chi connectivity index (χ2n) is 4.88. The van der Waals surface area contributed by atoms with E-state index in [2.05, 4.69) is 41.3 Å². The zero-order valence-electron chi connectivity index (χ0n) is 9.61.